The Labute approximate surface area is 226 Å². The maximum atomic E-state index is 15.2. The lowest BCUT2D eigenvalue weighted by Crippen LogP contribution is -2.61. The molecule has 8 nitrogen and oxygen atoms in total. The minimum absolute atomic E-state index is 0.182. The topological polar surface area (TPSA) is 76.2 Å². The third-order valence-electron chi connectivity index (χ3n) is 8.52. The van der Waals surface area contributed by atoms with Crippen molar-refractivity contribution >= 4 is 23.4 Å². The molecule has 0 saturated carbocycles. The van der Waals surface area contributed by atoms with Crippen LogP contribution in [-0.2, 0) is 22.7 Å². The Morgan fingerprint density at radius 2 is 1.69 bits per heavy atom. The third-order valence-corrected chi connectivity index (χ3v) is 8.52. The molecule has 0 spiro atoms. The van der Waals surface area contributed by atoms with Gasteiger partial charge in [0.05, 0.1) is 12.6 Å². The summed E-state index contributed by atoms with van der Waals surface area (Å²) in [6.45, 7) is 3.98. The van der Waals surface area contributed by atoms with Crippen LogP contribution >= 0.6 is 0 Å². The minimum Gasteiger partial charge on any atom is -0.365 e. The van der Waals surface area contributed by atoms with Crippen LogP contribution in [0.3, 0.4) is 0 Å². The predicted molar refractivity (Wildman–Crippen MR) is 141 cm³/mol. The molecule has 206 valence electrons. The summed E-state index contributed by atoms with van der Waals surface area (Å²) in [7, 11) is 0. The molecule has 0 aliphatic carbocycles. The molecule has 3 fully saturated rings. The molecule has 6 rings (SSSR count). The van der Waals surface area contributed by atoms with Gasteiger partial charge in [-0.25, -0.2) is 8.78 Å². The standard InChI is InChI=1S/C29H33F2N5O3/c30-29(31)19-35(22-4-2-1-3-5-22)11-10-25(29)34-14-12-33(13-15-34)17-20-6-7-23-21(16-20)18-36(28(23)39)24-8-9-26(37)32-27(24)38/h1-7,16,24-25H,8-15,17-19H2,(H,32,37,38). The zero-order valence-electron chi connectivity index (χ0n) is 21.8. The summed E-state index contributed by atoms with van der Waals surface area (Å²) in [5.41, 5.74) is 3.38. The second-order valence-electron chi connectivity index (χ2n) is 11.0. The van der Waals surface area contributed by atoms with Crippen LogP contribution in [-0.4, -0.2) is 89.7 Å². The number of alkyl halides is 2. The van der Waals surface area contributed by atoms with Crippen molar-refractivity contribution in [2.45, 2.75) is 50.4 Å². The molecule has 1 N–H and O–H groups in total. The number of anilines is 1. The second-order valence-corrected chi connectivity index (χ2v) is 11.0. The van der Waals surface area contributed by atoms with Crippen molar-refractivity contribution in [3.8, 4) is 0 Å². The van der Waals surface area contributed by atoms with E-state index in [1.807, 2.05) is 53.4 Å². The number of halogens is 2. The van der Waals surface area contributed by atoms with Crippen molar-refractivity contribution in [1.29, 1.82) is 0 Å². The first-order valence-electron chi connectivity index (χ1n) is 13.7. The molecule has 0 radical (unpaired) electrons. The number of amides is 3. The maximum absolute atomic E-state index is 15.2. The van der Waals surface area contributed by atoms with Crippen LogP contribution in [0.5, 0.6) is 0 Å². The normalized spacial score (nSPS) is 26.1. The van der Waals surface area contributed by atoms with Gasteiger partial charge in [-0.1, -0.05) is 30.3 Å². The van der Waals surface area contributed by atoms with Crippen LogP contribution in [0.1, 0.15) is 40.7 Å². The van der Waals surface area contributed by atoms with Gasteiger partial charge in [-0.05, 0) is 42.2 Å². The third kappa shape index (κ3) is 5.15. The Bertz CT molecular complexity index is 1260. The minimum atomic E-state index is -2.78. The first-order chi connectivity index (χ1) is 18.8. The Morgan fingerprint density at radius 3 is 2.41 bits per heavy atom. The van der Waals surface area contributed by atoms with Gasteiger partial charge in [0.15, 0.2) is 0 Å². The summed E-state index contributed by atoms with van der Waals surface area (Å²) in [5.74, 6) is -3.68. The van der Waals surface area contributed by atoms with Crippen molar-refractivity contribution in [3.05, 3.63) is 65.2 Å². The lowest BCUT2D eigenvalue weighted by atomic mass is 9.97. The van der Waals surface area contributed by atoms with E-state index in [9.17, 15) is 14.4 Å². The van der Waals surface area contributed by atoms with E-state index in [-0.39, 0.29) is 24.8 Å². The summed E-state index contributed by atoms with van der Waals surface area (Å²) in [6, 6.07) is 13.8. The van der Waals surface area contributed by atoms with E-state index in [4.69, 9.17) is 0 Å². The van der Waals surface area contributed by atoms with Gasteiger partial charge in [-0.3, -0.25) is 29.5 Å². The van der Waals surface area contributed by atoms with Crippen LogP contribution in [0.2, 0.25) is 0 Å². The van der Waals surface area contributed by atoms with Gasteiger partial charge >= 0.3 is 0 Å². The number of nitrogens with zero attached hydrogens (tertiary/aromatic N) is 4. The molecule has 4 aliphatic rings. The summed E-state index contributed by atoms with van der Waals surface area (Å²) in [4.78, 5) is 44.3. The molecule has 0 aromatic heterocycles. The number of rotatable bonds is 5. The molecule has 4 aliphatic heterocycles. The Morgan fingerprint density at radius 1 is 0.923 bits per heavy atom. The Balaban J connectivity index is 1.04. The van der Waals surface area contributed by atoms with Crippen molar-refractivity contribution < 1.29 is 23.2 Å². The van der Waals surface area contributed by atoms with Crippen LogP contribution in [0.4, 0.5) is 14.5 Å². The lowest BCUT2D eigenvalue weighted by molar-refractivity contribution is -0.136. The van der Waals surface area contributed by atoms with Crippen molar-refractivity contribution in [3.63, 3.8) is 0 Å². The van der Waals surface area contributed by atoms with Crippen molar-refractivity contribution in [2.24, 2.45) is 0 Å². The van der Waals surface area contributed by atoms with E-state index in [1.54, 1.807) is 9.80 Å². The van der Waals surface area contributed by atoms with E-state index in [1.165, 1.54) is 0 Å². The average molecular weight is 538 g/mol. The maximum Gasteiger partial charge on any atom is 0.280 e. The molecular weight excluding hydrogens is 504 g/mol. The van der Waals surface area contributed by atoms with Crippen LogP contribution in [0, 0.1) is 0 Å². The molecule has 2 aromatic carbocycles. The highest BCUT2D eigenvalue weighted by Crippen LogP contribution is 2.34. The molecule has 2 atom stereocenters. The number of fused-ring (bicyclic) bond motifs is 1. The summed E-state index contributed by atoms with van der Waals surface area (Å²) in [5, 5.41) is 2.33. The number of para-hydroxylation sites is 1. The lowest BCUT2D eigenvalue weighted by Gasteiger charge is -2.47. The first kappa shape index (κ1) is 25.9. The summed E-state index contributed by atoms with van der Waals surface area (Å²) < 4.78 is 30.5. The molecule has 3 saturated heterocycles. The Hall–Kier alpha value is -3.37. The first-order valence-corrected chi connectivity index (χ1v) is 13.7. The number of imide groups is 1. The molecule has 2 aromatic rings. The predicted octanol–water partition coefficient (Wildman–Crippen LogP) is 2.48. The number of carbonyl (C=O) groups excluding carboxylic acids is 3. The summed E-state index contributed by atoms with van der Waals surface area (Å²) >= 11 is 0. The van der Waals surface area contributed by atoms with Crippen LogP contribution < -0.4 is 10.2 Å². The molecule has 3 amide bonds. The van der Waals surface area contributed by atoms with Crippen LogP contribution in [0.15, 0.2) is 48.5 Å². The number of hydrogen-bond donors (Lipinski definition) is 1. The number of piperidine rings is 2. The van der Waals surface area contributed by atoms with Gasteiger partial charge in [0.2, 0.25) is 11.8 Å². The zero-order chi connectivity index (χ0) is 27.1. The Kier molecular flexibility index (Phi) is 6.84. The molecule has 4 heterocycles. The SMILES string of the molecule is O=C1CCC(N2Cc3cc(CN4CCN(C5CCN(c6ccccc6)CC5(F)F)CC4)ccc3C2=O)C(=O)N1. The average Bonchev–Trinajstić information content (AvgIpc) is 3.24. The van der Waals surface area contributed by atoms with Gasteiger partial charge in [0, 0.05) is 63.5 Å². The second kappa shape index (κ2) is 10.3. The molecule has 0 bridgehead atoms. The number of nitrogens with one attached hydrogen (secondary N) is 1. The summed E-state index contributed by atoms with van der Waals surface area (Å²) in [6.07, 6.45) is 1.00. The van der Waals surface area contributed by atoms with Gasteiger partial charge in [0.25, 0.3) is 11.8 Å². The fraction of sp³-hybridized carbons (Fsp3) is 0.483. The van der Waals surface area contributed by atoms with Crippen LogP contribution in [0.25, 0.3) is 0 Å². The number of hydrogen-bond acceptors (Lipinski definition) is 6. The van der Waals surface area contributed by atoms with Gasteiger partial charge < -0.3 is 9.80 Å². The monoisotopic (exact) mass is 537 g/mol. The van der Waals surface area contributed by atoms with Gasteiger partial charge in [-0.15, -0.1) is 0 Å². The van der Waals surface area contributed by atoms with Gasteiger partial charge in [0.1, 0.15) is 6.04 Å². The molecule has 2 unspecified atom stereocenters. The highest BCUT2D eigenvalue weighted by Gasteiger charge is 2.48. The molecule has 39 heavy (non-hydrogen) atoms. The van der Waals surface area contributed by atoms with E-state index in [0.717, 1.165) is 16.8 Å². The fourth-order valence-electron chi connectivity index (χ4n) is 6.45. The molecular formula is C29H33F2N5O3. The van der Waals surface area contributed by atoms with Crippen molar-refractivity contribution in [1.82, 2.24) is 20.0 Å². The largest absolute Gasteiger partial charge is 0.365 e. The van der Waals surface area contributed by atoms with E-state index >= 15 is 8.78 Å². The quantitative estimate of drug-likeness (QED) is 0.591. The van der Waals surface area contributed by atoms with E-state index in [2.05, 4.69) is 10.2 Å². The number of carbonyl (C=O) groups is 3. The van der Waals surface area contributed by atoms with E-state index < -0.39 is 23.9 Å². The highest BCUT2D eigenvalue weighted by atomic mass is 19.3. The highest BCUT2D eigenvalue weighted by molar-refractivity contribution is 6.05. The van der Waals surface area contributed by atoms with E-state index in [0.29, 0.717) is 64.2 Å². The zero-order valence-corrected chi connectivity index (χ0v) is 21.8. The number of piperazine rings is 1. The van der Waals surface area contributed by atoms with Gasteiger partial charge in [-0.2, -0.15) is 0 Å². The fourth-order valence-corrected chi connectivity index (χ4v) is 6.45. The molecule has 10 heteroatoms. The smallest absolute Gasteiger partial charge is 0.280 e. The number of benzene rings is 2. The van der Waals surface area contributed by atoms with Crippen molar-refractivity contribution in [2.75, 3.05) is 44.2 Å².